The van der Waals surface area contributed by atoms with E-state index < -0.39 is 15.0 Å². The number of aromatic carboxylic acids is 1. The van der Waals surface area contributed by atoms with Crippen LogP contribution >= 0.6 is 22.3 Å². The van der Waals surface area contributed by atoms with Gasteiger partial charge in [-0.3, -0.25) is 0 Å². The van der Waals surface area contributed by atoms with E-state index in [0.717, 1.165) is 6.07 Å². The number of carboxylic acids is 1. The fourth-order valence-corrected chi connectivity index (χ4v) is 2.07. The van der Waals surface area contributed by atoms with Crippen LogP contribution in [0.4, 0.5) is 0 Å². The summed E-state index contributed by atoms with van der Waals surface area (Å²) >= 11 is 5.69. The van der Waals surface area contributed by atoms with Gasteiger partial charge in [0.05, 0.1) is 15.5 Å². The number of aryl methyl sites for hydroxylation is 1. The zero-order valence-electron chi connectivity index (χ0n) is 7.49. The van der Waals surface area contributed by atoms with E-state index in [1.165, 1.54) is 13.0 Å². The van der Waals surface area contributed by atoms with E-state index in [1.54, 1.807) is 0 Å². The number of rotatable bonds is 2. The Morgan fingerprint density at radius 2 is 1.93 bits per heavy atom. The third kappa shape index (κ3) is 2.62. The first-order valence-corrected chi connectivity index (χ1v) is 6.40. The first kappa shape index (κ1) is 12.3. The Labute approximate surface area is 95.9 Å². The van der Waals surface area contributed by atoms with Crippen molar-refractivity contribution in [2.24, 2.45) is 0 Å². The van der Waals surface area contributed by atoms with Gasteiger partial charge in [0.15, 0.2) is 0 Å². The van der Waals surface area contributed by atoms with Gasteiger partial charge in [-0.05, 0) is 24.6 Å². The summed E-state index contributed by atoms with van der Waals surface area (Å²) in [4.78, 5) is 10.5. The first-order chi connectivity index (χ1) is 6.73. The summed E-state index contributed by atoms with van der Waals surface area (Å²) in [5.41, 5.74) is 0.0617. The Bertz CT molecular complexity index is 522. The topological polar surface area (TPSA) is 71.4 Å². The molecule has 0 heterocycles. The van der Waals surface area contributed by atoms with E-state index in [2.05, 4.69) is 0 Å². The van der Waals surface area contributed by atoms with Gasteiger partial charge in [-0.1, -0.05) is 11.6 Å². The van der Waals surface area contributed by atoms with E-state index in [0.29, 0.717) is 5.56 Å². The van der Waals surface area contributed by atoms with E-state index >= 15 is 0 Å². The molecule has 0 spiro atoms. The summed E-state index contributed by atoms with van der Waals surface area (Å²) in [5.74, 6) is -1.30. The Morgan fingerprint density at radius 3 is 2.33 bits per heavy atom. The molecule has 0 aliphatic rings. The molecule has 15 heavy (non-hydrogen) atoms. The van der Waals surface area contributed by atoms with Crippen molar-refractivity contribution >= 4 is 37.3 Å². The monoisotopic (exact) mass is 268 g/mol. The van der Waals surface area contributed by atoms with E-state index in [9.17, 15) is 13.2 Å². The summed E-state index contributed by atoms with van der Waals surface area (Å²) in [5, 5.41) is 8.76. The molecule has 0 bridgehead atoms. The lowest BCUT2D eigenvalue weighted by molar-refractivity contribution is 0.0696. The Balaban J connectivity index is 3.57. The Kier molecular flexibility index (Phi) is 3.28. The van der Waals surface area contributed by atoms with Gasteiger partial charge in [0.25, 0.3) is 9.05 Å². The van der Waals surface area contributed by atoms with Gasteiger partial charge in [0, 0.05) is 10.7 Å². The van der Waals surface area contributed by atoms with Crippen molar-refractivity contribution < 1.29 is 18.3 Å². The minimum absolute atomic E-state index is 0.00608. The van der Waals surface area contributed by atoms with Crippen LogP contribution in [0.15, 0.2) is 17.0 Å². The number of halogens is 2. The molecule has 0 saturated heterocycles. The number of hydrogen-bond acceptors (Lipinski definition) is 3. The summed E-state index contributed by atoms with van der Waals surface area (Å²) < 4.78 is 22.0. The number of carbonyl (C=O) groups is 1. The molecular formula is C8H6Cl2O4S. The lowest BCUT2D eigenvalue weighted by atomic mass is 10.1. The zero-order valence-corrected chi connectivity index (χ0v) is 9.82. The lowest BCUT2D eigenvalue weighted by Crippen LogP contribution is -2.02. The standard InChI is InChI=1S/C8H6Cl2O4S/c1-4-2-5(15(10,13)14)3-6(7(4)9)8(11)12/h2-3H,1H3,(H,11,12). The van der Waals surface area contributed by atoms with Gasteiger partial charge in [0.2, 0.25) is 0 Å². The fourth-order valence-electron chi connectivity index (χ4n) is 1.03. The summed E-state index contributed by atoms with van der Waals surface area (Å²) in [6.45, 7) is 1.50. The van der Waals surface area contributed by atoms with E-state index in [4.69, 9.17) is 27.4 Å². The third-order valence-corrected chi connectivity index (χ3v) is 3.57. The van der Waals surface area contributed by atoms with Gasteiger partial charge in [0.1, 0.15) is 0 Å². The molecule has 0 aliphatic heterocycles. The van der Waals surface area contributed by atoms with Crippen molar-refractivity contribution in [3.63, 3.8) is 0 Å². The minimum Gasteiger partial charge on any atom is -0.478 e. The number of benzene rings is 1. The normalized spacial score (nSPS) is 11.4. The highest BCUT2D eigenvalue weighted by Crippen LogP contribution is 2.26. The van der Waals surface area contributed by atoms with Crippen LogP contribution in [0.5, 0.6) is 0 Å². The van der Waals surface area contributed by atoms with Crippen LogP contribution in [-0.2, 0) is 9.05 Å². The van der Waals surface area contributed by atoms with Gasteiger partial charge in [-0.25, -0.2) is 13.2 Å². The quantitative estimate of drug-likeness (QED) is 0.836. The van der Waals surface area contributed by atoms with Crippen molar-refractivity contribution in [2.45, 2.75) is 11.8 Å². The molecule has 82 valence electrons. The van der Waals surface area contributed by atoms with Gasteiger partial charge < -0.3 is 5.11 Å². The molecule has 0 aliphatic carbocycles. The molecule has 0 aromatic heterocycles. The number of hydrogen-bond donors (Lipinski definition) is 1. The smallest absolute Gasteiger partial charge is 0.337 e. The van der Waals surface area contributed by atoms with Gasteiger partial charge in [-0.2, -0.15) is 0 Å². The molecule has 0 atom stereocenters. The first-order valence-electron chi connectivity index (χ1n) is 3.71. The molecule has 1 rings (SSSR count). The molecular weight excluding hydrogens is 263 g/mol. The highest BCUT2D eigenvalue weighted by atomic mass is 35.7. The average molecular weight is 269 g/mol. The van der Waals surface area contributed by atoms with E-state index in [1.807, 2.05) is 0 Å². The highest BCUT2D eigenvalue weighted by Gasteiger charge is 2.18. The molecule has 1 N–H and O–H groups in total. The minimum atomic E-state index is -3.95. The van der Waals surface area contributed by atoms with Gasteiger partial charge >= 0.3 is 5.97 Å². The second kappa shape index (κ2) is 4.00. The highest BCUT2D eigenvalue weighted by molar-refractivity contribution is 8.13. The summed E-state index contributed by atoms with van der Waals surface area (Å²) in [7, 11) is 1.15. The van der Waals surface area contributed by atoms with Crippen LogP contribution in [-0.4, -0.2) is 19.5 Å². The van der Waals surface area contributed by atoms with Crippen molar-refractivity contribution in [3.8, 4) is 0 Å². The SMILES string of the molecule is Cc1cc(S(=O)(=O)Cl)cc(C(=O)O)c1Cl. The van der Waals surface area contributed by atoms with Crippen molar-refractivity contribution in [3.05, 3.63) is 28.3 Å². The van der Waals surface area contributed by atoms with Crippen LogP contribution in [0.25, 0.3) is 0 Å². The molecule has 0 amide bonds. The van der Waals surface area contributed by atoms with Crippen LogP contribution in [0.3, 0.4) is 0 Å². The third-order valence-electron chi connectivity index (χ3n) is 1.74. The Morgan fingerprint density at radius 1 is 1.40 bits per heavy atom. The van der Waals surface area contributed by atoms with Crippen LogP contribution in [0.2, 0.25) is 5.02 Å². The van der Waals surface area contributed by atoms with Crippen molar-refractivity contribution in [1.82, 2.24) is 0 Å². The molecule has 0 unspecified atom stereocenters. The van der Waals surface area contributed by atoms with Crippen LogP contribution in [0, 0.1) is 6.92 Å². The second-order valence-corrected chi connectivity index (χ2v) is 5.79. The maximum absolute atomic E-state index is 11.0. The predicted octanol–water partition coefficient (Wildman–Crippen LogP) is 2.27. The molecule has 4 nitrogen and oxygen atoms in total. The van der Waals surface area contributed by atoms with Crippen LogP contribution < -0.4 is 0 Å². The fraction of sp³-hybridized carbons (Fsp3) is 0.125. The van der Waals surface area contributed by atoms with Gasteiger partial charge in [-0.15, -0.1) is 0 Å². The summed E-state index contributed by atoms with van der Waals surface area (Å²) in [6, 6.07) is 2.15. The maximum Gasteiger partial charge on any atom is 0.337 e. The molecule has 1 aromatic carbocycles. The largest absolute Gasteiger partial charge is 0.478 e. The molecule has 0 saturated carbocycles. The van der Waals surface area contributed by atoms with Crippen molar-refractivity contribution in [2.75, 3.05) is 0 Å². The summed E-state index contributed by atoms with van der Waals surface area (Å²) in [6.07, 6.45) is 0. The average Bonchev–Trinajstić information content (AvgIpc) is 2.06. The zero-order chi connectivity index (χ0) is 11.8. The predicted molar refractivity (Wildman–Crippen MR) is 56.2 cm³/mol. The molecule has 7 heteroatoms. The number of carboxylic acid groups (broad SMARTS) is 1. The second-order valence-electron chi connectivity index (χ2n) is 2.84. The van der Waals surface area contributed by atoms with Crippen molar-refractivity contribution in [1.29, 1.82) is 0 Å². The lowest BCUT2D eigenvalue weighted by Gasteiger charge is -2.05. The molecule has 0 radical (unpaired) electrons. The van der Waals surface area contributed by atoms with E-state index in [-0.39, 0.29) is 15.5 Å². The maximum atomic E-state index is 11.0. The Hall–Kier alpha value is -0.780. The van der Waals surface area contributed by atoms with Crippen LogP contribution in [0.1, 0.15) is 15.9 Å². The molecule has 1 aromatic rings. The molecule has 0 fully saturated rings.